The summed E-state index contributed by atoms with van der Waals surface area (Å²) >= 11 is 23.7. The molecule has 524 valence electrons. The zero-order valence-corrected chi connectivity index (χ0v) is 77.4. The number of likely N-dealkylation sites (N-methyl/N-ethyl adjacent to an activating group) is 2. The van der Waals surface area contributed by atoms with E-state index in [1.807, 2.05) is 181 Å². The van der Waals surface area contributed by atoms with Crippen LogP contribution in [0.1, 0.15) is 92.8 Å². The normalized spacial score (nSPS) is 13.3. The molecule has 0 unspecified atom stereocenters. The van der Waals surface area contributed by atoms with Gasteiger partial charge in [-0.05, 0) is 335 Å². The van der Waals surface area contributed by atoms with Crippen LogP contribution in [0.4, 0.5) is 22.7 Å². The number of nitrogens with one attached hydrogen (secondary N) is 6. The van der Waals surface area contributed by atoms with Gasteiger partial charge in [0.25, 0.3) is 0 Å². The van der Waals surface area contributed by atoms with Crippen molar-refractivity contribution in [2.75, 3.05) is 61.7 Å². The largest absolute Gasteiger partial charge is 1.00 e. The van der Waals surface area contributed by atoms with Crippen LogP contribution in [0.3, 0.4) is 0 Å². The predicted octanol–water partition coefficient (Wildman–Crippen LogP) is 3.98. The zero-order chi connectivity index (χ0) is 72.3. The molecule has 95 heavy (non-hydrogen) atoms. The summed E-state index contributed by atoms with van der Waals surface area (Å²) in [6.45, 7) is -1.14. The summed E-state index contributed by atoms with van der Waals surface area (Å²) in [7, 11) is 3.15. The molecule has 0 aromatic heterocycles. The van der Waals surface area contributed by atoms with Crippen LogP contribution in [-0.4, -0.2) is 208 Å². The van der Waals surface area contributed by atoms with Crippen LogP contribution in [-0.2, 0) is 19.2 Å². The van der Waals surface area contributed by atoms with E-state index in [0.29, 0.717) is 77.0 Å². The van der Waals surface area contributed by atoms with Crippen molar-refractivity contribution in [3.63, 3.8) is 0 Å². The summed E-state index contributed by atoms with van der Waals surface area (Å²) in [5.41, 5.74) is 2.49. The van der Waals surface area contributed by atoms with Gasteiger partial charge in [-0.15, -0.1) is 0 Å². The van der Waals surface area contributed by atoms with E-state index in [1.165, 1.54) is 0 Å². The molecule has 0 spiro atoms. The van der Waals surface area contributed by atoms with Gasteiger partial charge >= 0.3 is 53.4 Å². The number of unbranched alkanes of at least 4 members (excludes halogenated alkanes) is 2. The molecule has 0 fully saturated rings. The maximum Gasteiger partial charge on any atom is 1.00 e. The van der Waals surface area contributed by atoms with E-state index in [2.05, 4.69) is 122 Å². The predicted molar refractivity (Wildman–Crippen MR) is 448 cm³/mol. The monoisotopic (exact) mass is 2690 g/mol. The Morgan fingerprint density at radius 2 is 0.516 bits per heavy atom. The molecule has 20 N–H and O–H groups in total. The van der Waals surface area contributed by atoms with E-state index in [1.54, 1.807) is 38.4 Å². The number of aliphatic hydroxyl groups is 10. The smallest absolute Gasteiger partial charge is 0.478 e. The second-order valence-corrected chi connectivity index (χ2v) is 32.8. The summed E-state index contributed by atoms with van der Waals surface area (Å²) in [5.74, 6) is -5.27. The molecule has 0 radical (unpaired) electrons. The summed E-state index contributed by atoms with van der Waals surface area (Å²) in [6.07, 6.45) is -8.74. The van der Waals surface area contributed by atoms with Gasteiger partial charge < -0.3 is 103 Å². The molecular formula is C54H62I12N6NaO22+. The average Bonchev–Trinajstić information content (AvgIpc) is 0.830. The third-order valence-electron chi connectivity index (χ3n) is 12.2. The molecule has 0 bridgehead atoms. The number of rotatable bonds is 30. The van der Waals surface area contributed by atoms with Gasteiger partial charge in [-0.2, -0.15) is 0 Å². The first-order valence-corrected chi connectivity index (χ1v) is 39.5. The Hall–Kier alpha value is 1.92. The molecule has 0 saturated carbocycles. The fraction of sp³-hybridized carbons (Fsp3) is 0.407. The number of anilines is 4. The first-order valence-electron chi connectivity index (χ1n) is 26.6. The first kappa shape index (κ1) is 96.9. The van der Waals surface area contributed by atoms with E-state index < -0.39 is 85.9 Å². The second kappa shape index (κ2) is 49.7. The molecule has 4 aromatic carbocycles. The number of hydrogen-bond acceptors (Lipinski definition) is 20. The number of carboxylic acids is 4. The van der Waals surface area contributed by atoms with E-state index in [-0.39, 0.29) is 114 Å². The molecule has 0 saturated heterocycles. The van der Waals surface area contributed by atoms with Crippen molar-refractivity contribution in [2.24, 2.45) is 0 Å². The molecule has 4 aromatic rings. The van der Waals surface area contributed by atoms with Gasteiger partial charge in [-0.3, -0.25) is 19.2 Å². The molecule has 4 rings (SSSR count). The maximum absolute atomic E-state index is 12.4. The molecule has 0 heterocycles. The van der Waals surface area contributed by atoms with Gasteiger partial charge in [-0.1, -0.05) is 0 Å². The van der Waals surface area contributed by atoms with Crippen LogP contribution in [0.2, 0.25) is 0 Å². The van der Waals surface area contributed by atoms with Gasteiger partial charge in [-0.25, -0.2) is 19.2 Å². The topological polar surface area (TPSA) is 492 Å². The Labute approximate surface area is 730 Å². The first-order chi connectivity index (χ1) is 43.8. The Kier molecular flexibility index (Phi) is 50.7. The maximum atomic E-state index is 12.4. The van der Waals surface area contributed by atoms with Crippen LogP contribution < -0.4 is 61.5 Å². The van der Waals surface area contributed by atoms with E-state index in [9.17, 15) is 69.0 Å². The summed E-state index contributed by atoms with van der Waals surface area (Å²) in [5, 5.41) is 144. The van der Waals surface area contributed by atoms with E-state index in [4.69, 9.17) is 40.9 Å². The number of carboxylic acid groups (broad SMARTS) is 4. The number of benzene rings is 4. The summed E-state index contributed by atoms with van der Waals surface area (Å²) in [6, 6.07) is 6.82. The number of amides is 4. The van der Waals surface area contributed by atoms with Crippen LogP contribution >= 0.6 is 271 Å². The molecule has 0 aliphatic carbocycles. The minimum atomic E-state index is -1.55. The third kappa shape index (κ3) is 32.3. The zero-order valence-electron chi connectivity index (χ0n) is 49.5. The van der Waals surface area contributed by atoms with Crippen molar-refractivity contribution >= 4 is 341 Å². The van der Waals surface area contributed by atoms with Crippen LogP contribution in [0, 0.1) is 42.8 Å². The minimum absolute atomic E-state index is 0. The fourth-order valence-electron chi connectivity index (χ4n) is 7.34. The number of aromatic carboxylic acids is 4. The van der Waals surface area contributed by atoms with Gasteiger partial charge in [0.05, 0.1) is 84.7 Å². The van der Waals surface area contributed by atoms with Crippen molar-refractivity contribution in [2.45, 2.75) is 100 Å². The third-order valence-corrected chi connectivity index (χ3v) is 23.3. The van der Waals surface area contributed by atoms with Crippen molar-refractivity contribution in [1.82, 2.24) is 10.6 Å². The number of hydrogen-bond donors (Lipinski definition) is 20. The van der Waals surface area contributed by atoms with Crippen LogP contribution in [0.15, 0.2) is 24.3 Å². The molecule has 41 heteroatoms. The SMILES string of the molecule is CNC[C@H](O)[C@@H](O)[C@H](O)[C@H](O)CO.CNC[C@H](O)[C@@H](O)[C@H](O)[C@H](O)CO.O=C(CCCCC(=O)Nc1c(I)cc(I)c(C(=O)O)c1I)Nc1c(I)cc(I)c(C(=O)O)c1I.O=C(CCCCC(=O)Nc1c(I)cc(I)c(C(=O)O)c1I)Nc1c(I)cc(I)c(C(=O)O)c1I.[Na+]. The van der Waals surface area contributed by atoms with Crippen LogP contribution in [0.25, 0.3) is 0 Å². The quantitative estimate of drug-likeness (QED) is 0.0199. The summed E-state index contributed by atoms with van der Waals surface area (Å²) in [4.78, 5) is 95.7. The van der Waals surface area contributed by atoms with Gasteiger partial charge in [0.1, 0.15) is 36.6 Å². The van der Waals surface area contributed by atoms with Crippen molar-refractivity contribution in [3.05, 3.63) is 89.4 Å². The Bertz CT molecular complexity index is 2940. The van der Waals surface area contributed by atoms with Crippen molar-refractivity contribution < 1.29 is 139 Å². The van der Waals surface area contributed by atoms with Gasteiger partial charge in [0.15, 0.2) is 0 Å². The number of halogens is 12. The number of carbonyl (C=O) groups is 8. The van der Waals surface area contributed by atoms with Crippen LogP contribution in [0.5, 0.6) is 0 Å². The van der Waals surface area contributed by atoms with Crippen molar-refractivity contribution in [3.8, 4) is 0 Å². The average molecular weight is 2690 g/mol. The van der Waals surface area contributed by atoms with Gasteiger partial charge in [0.2, 0.25) is 23.6 Å². The Balaban J connectivity index is 0.00000135. The Morgan fingerprint density at radius 1 is 0.337 bits per heavy atom. The molecular weight excluding hydrogens is 2630 g/mol. The molecule has 0 aliphatic heterocycles. The molecule has 28 nitrogen and oxygen atoms in total. The van der Waals surface area contributed by atoms with E-state index >= 15 is 0 Å². The number of aliphatic hydroxyl groups excluding tert-OH is 10. The molecule has 4 amide bonds. The van der Waals surface area contributed by atoms with Crippen molar-refractivity contribution in [1.29, 1.82) is 0 Å². The van der Waals surface area contributed by atoms with E-state index in [0.717, 1.165) is 14.3 Å². The second-order valence-electron chi connectivity index (χ2n) is 19.2. The van der Waals surface area contributed by atoms with Gasteiger partial charge in [0, 0.05) is 67.3 Å². The summed E-state index contributed by atoms with van der Waals surface area (Å²) < 4.78 is 7.22. The standard InChI is InChI=1S/2C20H14I6N2O6.2C7H17NO5.Na/c2*21-7-5-9(23)17(15(25)13(7)19(31)32)27-11(29)3-1-2-4-12(30)28-18-10(24)6-8(22)14(16(18)26)20(33)34;2*1-8-2-4(10)6(12)7(13)5(11)3-9;/h2*5-6H,1-4H2,(H,27,29)(H,28,30)(H,31,32)(H,33,34);2*4-13H,2-3H2,1H3;/q;;;;+1/t;;2*4-,5+,6+,7+;/m..00./s1. The molecule has 0 aliphatic rings. The fourth-order valence-corrected chi connectivity index (χ4v) is 23.7. The molecule has 8 atom stereocenters. The number of carbonyl (C=O) groups excluding carboxylic acids is 4. The minimum Gasteiger partial charge on any atom is -0.478 e. The Morgan fingerprint density at radius 3 is 0.674 bits per heavy atom.